The average molecular weight is 967 g/mol. The van der Waals surface area contributed by atoms with Crippen molar-refractivity contribution >= 4 is 5.97 Å². The Labute approximate surface area is 386 Å². The van der Waals surface area contributed by atoms with Crippen molar-refractivity contribution in [1.82, 2.24) is 0 Å². The van der Waals surface area contributed by atoms with Crippen molar-refractivity contribution in [2.75, 3.05) is 26.4 Å². The highest BCUT2D eigenvalue weighted by molar-refractivity contribution is 5.77. The fraction of sp³-hybridized carbons (Fsp3) is 0.932. The lowest BCUT2D eigenvalue weighted by atomic mass is 9.41. The highest BCUT2D eigenvalue weighted by Crippen LogP contribution is 2.74. The van der Waals surface area contributed by atoms with Gasteiger partial charge in [-0.2, -0.15) is 0 Å². The van der Waals surface area contributed by atoms with Crippen LogP contribution in [0.1, 0.15) is 71.6 Å². The summed E-state index contributed by atoms with van der Waals surface area (Å²) in [6, 6.07) is 0. The van der Waals surface area contributed by atoms with Crippen molar-refractivity contribution in [3.05, 3.63) is 12.2 Å². The molecule has 26 unspecified atom stereocenters. The van der Waals surface area contributed by atoms with Crippen LogP contribution >= 0.6 is 0 Å². The van der Waals surface area contributed by atoms with E-state index in [1.54, 1.807) is 0 Å². The number of esters is 1. The number of aliphatic hydroxyl groups is 14. The summed E-state index contributed by atoms with van der Waals surface area (Å²) in [6.45, 7) is 5.41. The van der Waals surface area contributed by atoms with Gasteiger partial charge in [0.2, 0.25) is 6.29 Å². The number of hydrogen-bond acceptors (Lipinski definition) is 23. The Kier molecular flexibility index (Phi) is 15.0. The van der Waals surface area contributed by atoms with E-state index in [0.29, 0.717) is 56.9 Å². The lowest BCUT2D eigenvalue weighted by Gasteiger charge is -2.64. The van der Waals surface area contributed by atoms with E-state index in [4.69, 9.17) is 37.9 Å². The van der Waals surface area contributed by atoms with Crippen molar-refractivity contribution in [3.8, 4) is 0 Å². The van der Waals surface area contributed by atoms with Gasteiger partial charge in [0.25, 0.3) is 0 Å². The Morgan fingerprint density at radius 2 is 1.03 bits per heavy atom. The Bertz CT molecular complexity index is 1760. The van der Waals surface area contributed by atoms with Gasteiger partial charge in [-0.25, -0.2) is 0 Å². The molecule has 2 bridgehead atoms. The van der Waals surface area contributed by atoms with Gasteiger partial charge in [0, 0.05) is 0 Å². The zero-order chi connectivity index (χ0) is 48.7. The molecule has 0 amide bonds. The average Bonchev–Trinajstić information content (AvgIpc) is 3.50. The van der Waals surface area contributed by atoms with E-state index in [-0.39, 0.29) is 11.8 Å². The summed E-state index contributed by atoms with van der Waals surface area (Å²) >= 11 is 0. The van der Waals surface area contributed by atoms with Gasteiger partial charge in [0.1, 0.15) is 97.7 Å². The minimum Gasteiger partial charge on any atom is -0.432 e. The highest BCUT2D eigenvalue weighted by atomic mass is 16.8. The maximum atomic E-state index is 14.3. The van der Waals surface area contributed by atoms with Crippen LogP contribution in [0.4, 0.5) is 0 Å². The Balaban J connectivity index is 1.06. The summed E-state index contributed by atoms with van der Waals surface area (Å²) in [5, 5.41) is 148. The molecule has 384 valence electrons. The number of rotatable bonds is 12. The molecule has 8 aliphatic rings. The third-order valence-corrected chi connectivity index (χ3v) is 17.1. The normalized spacial score (nSPS) is 54.5. The molecule has 4 saturated heterocycles. The van der Waals surface area contributed by atoms with E-state index in [1.165, 1.54) is 0 Å². The van der Waals surface area contributed by atoms with Gasteiger partial charge in [0.15, 0.2) is 18.9 Å². The zero-order valence-electron chi connectivity index (χ0n) is 37.5. The largest absolute Gasteiger partial charge is 0.432 e. The van der Waals surface area contributed by atoms with Gasteiger partial charge in [-0.05, 0) is 86.5 Å². The predicted octanol–water partition coefficient (Wildman–Crippen LogP) is -5.11. The molecule has 4 aliphatic heterocycles. The molecule has 1 spiro atoms. The first-order valence-corrected chi connectivity index (χ1v) is 23.4. The van der Waals surface area contributed by atoms with Crippen LogP contribution in [0.5, 0.6) is 0 Å². The van der Waals surface area contributed by atoms with Gasteiger partial charge < -0.3 is 109 Å². The molecule has 14 N–H and O–H groups in total. The monoisotopic (exact) mass is 966 g/mol. The fourth-order valence-corrected chi connectivity index (χ4v) is 13.5. The molecular weight excluding hydrogens is 896 g/mol. The molecular formula is C44H70O23. The number of fused-ring (bicyclic) bond motifs is 3. The third-order valence-electron chi connectivity index (χ3n) is 17.1. The van der Waals surface area contributed by atoms with Gasteiger partial charge in [-0.3, -0.25) is 4.79 Å². The van der Waals surface area contributed by atoms with Gasteiger partial charge >= 0.3 is 5.97 Å². The predicted molar refractivity (Wildman–Crippen MR) is 219 cm³/mol. The van der Waals surface area contributed by atoms with E-state index in [2.05, 4.69) is 13.5 Å². The molecule has 8 rings (SSSR count). The van der Waals surface area contributed by atoms with E-state index >= 15 is 0 Å². The second-order valence-electron chi connectivity index (χ2n) is 20.8. The SMILES string of the molecule is C=C1CC23CCC4C(C)(C(=O)OC5OC(CO)C(O)C(O)C5O)CCCC4(C)C2CCC1(OC1OC(CO)C(O)C(OC2OC(CO)C(O)C(O)C2O)C1OC1OC(CO)C(O)C(O)C1O)C3. The quantitative estimate of drug-likeness (QED) is 0.0494. The van der Waals surface area contributed by atoms with Crippen LogP contribution in [-0.4, -0.2) is 232 Å². The van der Waals surface area contributed by atoms with Gasteiger partial charge in [-0.15, -0.1) is 0 Å². The first kappa shape index (κ1) is 51.7. The summed E-state index contributed by atoms with van der Waals surface area (Å²) in [4.78, 5) is 14.3. The molecule has 0 aromatic heterocycles. The highest BCUT2D eigenvalue weighted by Gasteiger charge is 2.70. The van der Waals surface area contributed by atoms with E-state index in [1.807, 2.05) is 6.92 Å². The van der Waals surface area contributed by atoms with Crippen LogP contribution in [0.3, 0.4) is 0 Å². The van der Waals surface area contributed by atoms with Gasteiger partial charge in [-0.1, -0.05) is 19.9 Å². The second-order valence-corrected chi connectivity index (χ2v) is 20.8. The second kappa shape index (κ2) is 19.4. The summed E-state index contributed by atoms with van der Waals surface area (Å²) < 4.78 is 48.2. The zero-order valence-corrected chi connectivity index (χ0v) is 37.5. The van der Waals surface area contributed by atoms with E-state index < -0.39 is 177 Å². The molecule has 0 aromatic carbocycles. The summed E-state index contributed by atoms with van der Waals surface area (Å²) in [5.41, 5.74) is -2.33. The van der Waals surface area contributed by atoms with Crippen LogP contribution in [-0.2, 0) is 42.7 Å². The van der Waals surface area contributed by atoms with Crippen molar-refractivity contribution in [2.45, 2.75) is 200 Å². The lowest BCUT2D eigenvalue weighted by molar-refractivity contribution is -0.400. The van der Waals surface area contributed by atoms with Crippen LogP contribution < -0.4 is 0 Å². The first-order valence-electron chi connectivity index (χ1n) is 23.4. The van der Waals surface area contributed by atoms with Gasteiger partial charge in [0.05, 0.1) is 37.4 Å². The number of aliphatic hydroxyl groups excluding tert-OH is 14. The van der Waals surface area contributed by atoms with E-state index in [0.717, 1.165) is 6.42 Å². The fourth-order valence-electron chi connectivity index (χ4n) is 13.5. The molecule has 67 heavy (non-hydrogen) atoms. The molecule has 8 fully saturated rings. The maximum absolute atomic E-state index is 14.3. The molecule has 23 heteroatoms. The number of carbonyl (C=O) groups is 1. The topological polar surface area (TPSA) is 374 Å². The Morgan fingerprint density at radius 1 is 0.567 bits per heavy atom. The first-order chi connectivity index (χ1) is 31.6. The van der Waals surface area contributed by atoms with Crippen LogP contribution in [0.25, 0.3) is 0 Å². The molecule has 0 aromatic rings. The molecule has 4 heterocycles. The lowest BCUT2D eigenvalue weighted by Crippen LogP contribution is -2.68. The van der Waals surface area contributed by atoms with Crippen molar-refractivity contribution in [1.29, 1.82) is 0 Å². The molecule has 0 radical (unpaired) electrons. The molecule has 26 atom stereocenters. The summed E-state index contributed by atoms with van der Waals surface area (Å²) in [6.07, 6.45) is -29.1. The minimum atomic E-state index is -1.95. The molecule has 23 nitrogen and oxygen atoms in total. The third kappa shape index (κ3) is 8.63. The van der Waals surface area contributed by atoms with E-state index in [9.17, 15) is 76.3 Å². The Hall–Kier alpha value is -1.63. The molecule has 4 saturated carbocycles. The maximum Gasteiger partial charge on any atom is 0.314 e. The minimum absolute atomic E-state index is 0.0251. The van der Waals surface area contributed by atoms with Crippen molar-refractivity contribution < 1.29 is 114 Å². The van der Waals surface area contributed by atoms with Crippen LogP contribution in [0, 0.1) is 28.1 Å². The smallest absolute Gasteiger partial charge is 0.314 e. The van der Waals surface area contributed by atoms with Crippen LogP contribution in [0.15, 0.2) is 12.2 Å². The van der Waals surface area contributed by atoms with Crippen LogP contribution in [0.2, 0.25) is 0 Å². The molecule has 4 aliphatic carbocycles. The summed E-state index contributed by atoms with van der Waals surface area (Å²) in [7, 11) is 0. The summed E-state index contributed by atoms with van der Waals surface area (Å²) in [5.74, 6) is -0.805. The number of ether oxygens (including phenoxy) is 8. The number of hydrogen-bond donors (Lipinski definition) is 14. The van der Waals surface area contributed by atoms with Crippen molar-refractivity contribution in [2.24, 2.45) is 28.1 Å². The van der Waals surface area contributed by atoms with Crippen molar-refractivity contribution in [3.63, 3.8) is 0 Å². The standard InChI is InChI=1S/C44H70O23/c1-17-11-43-9-5-22-41(2,7-4-8-42(22,3)40(59)66-38-33(58)30(55)26(51)20(14-47)62-38)23(43)6-10-44(17,16-43)67-39-35(65-37-32(57)29(54)25(50)19(13-46)61-37)34(27(52)21(15-48)63-39)64-36-31(56)28(53)24(49)18(12-45)60-36/h18-39,45-58H,1,4-16H2,2-3H3. The Morgan fingerprint density at radius 3 is 1.57 bits per heavy atom. The number of carbonyl (C=O) groups excluding carboxylic acids is 1.